The van der Waals surface area contributed by atoms with Crippen LogP contribution in [0.5, 0.6) is 0 Å². The van der Waals surface area contributed by atoms with Crippen LogP contribution in [0.1, 0.15) is 27.2 Å². The van der Waals surface area contributed by atoms with Crippen LogP contribution in [-0.2, 0) is 9.53 Å². The molecule has 0 radical (unpaired) electrons. The molecule has 1 atom stereocenters. The second-order valence-electron chi connectivity index (χ2n) is 4.87. The fourth-order valence-corrected chi connectivity index (χ4v) is 1.41. The third kappa shape index (κ3) is 3.10. The third-order valence-electron chi connectivity index (χ3n) is 2.59. The summed E-state index contributed by atoms with van der Waals surface area (Å²) in [6.07, 6.45) is 0.730. The first kappa shape index (κ1) is 12.8. The fourth-order valence-electron chi connectivity index (χ4n) is 1.41. The molecule has 0 saturated carbocycles. The van der Waals surface area contributed by atoms with Crippen LogP contribution in [0.4, 0.5) is 4.79 Å². The Morgan fingerprint density at radius 2 is 2.06 bits per heavy atom. The minimum Gasteiger partial charge on any atom is -0.480 e. The van der Waals surface area contributed by atoms with Gasteiger partial charge in [0.25, 0.3) is 0 Å². The topological polar surface area (TPSA) is 87.7 Å². The van der Waals surface area contributed by atoms with E-state index in [1.54, 1.807) is 0 Å². The maximum Gasteiger partial charge on any atom is 0.328 e. The van der Waals surface area contributed by atoms with Gasteiger partial charge in [0.05, 0.1) is 12.1 Å². The van der Waals surface area contributed by atoms with Crippen molar-refractivity contribution in [1.29, 1.82) is 0 Å². The maximum absolute atomic E-state index is 11.6. The average molecular weight is 230 g/mol. The first-order valence-corrected chi connectivity index (χ1v) is 5.17. The lowest BCUT2D eigenvalue weighted by Gasteiger charge is -2.27. The molecule has 1 rings (SSSR count). The fraction of sp³-hybridized carbons (Fsp3) is 0.800. The normalized spacial score (nSPS) is 25.2. The van der Waals surface area contributed by atoms with Crippen molar-refractivity contribution in [2.45, 2.75) is 38.3 Å². The van der Waals surface area contributed by atoms with Crippen LogP contribution in [0.25, 0.3) is 0 Å². The molecule has 1 fully saturated rings. The molecule has 1 heterocycles. The molecule has 1 unspecified atom stereocenters. The van der Waals surface area contributed by atoms with E-state index in [0.29, 0.717) is 13.2 Å². The van der Waals surface area contributed by atoms with Crippen LogP contribution < -0.4 is 10.6 Å². The molecule has 0 aromatic rings. The van der Waals surface area contributed by atoms with Crippen LogP contribution >= 0.6 is 0 Å². The number of ether oxygens (including phenoxy) is 1. The molecule has 0 aromatic heterocycles. The molecular weight excluding hydrogens is 212 g/mol. The molecule has 3 N–H and O–H groups in total. The van der Waals surface area contributed by atoms with E-state index in [2.05, 4.69) is 10.6 Å². The third-order valence-corrected chi connectivity index (χ3v) is 2.59. The zero-order valence-corrected chi connectivity index (χ0v) is 9.79. The van der Waals surface area contributed by atoms with Gasteiger partial charge in [-0.2, -0.15) is 0 Å². The number of urea groups is 1. The van der Waals surface area contributed by atoms with Crippen LogP contribution in [-0.4, -0.2) is 41.4 Å². The van der Waals surface area contributed by atoms with Crippen molar-refractivity contribution in [3.05, 3.63) is 0 Å². The van der Waals surface area contributed by atoms with Crippen molar-refractivity contribution in [2.24, 2.45) is 0 Å². The van der Waals surface area contributed by atoms with Crippen molar-refractivity contribution >= 4 is 12.0 Å². The van der Waals surface area contributed by atoms with Gasteiger partial charge < -0.3 is 20.5 Å². The Morgan fingerprint density at radius 3 is 2.50 bits per heavy atom. The van der Waals surface area contributed by atoms with Crippen molar-refractivity contribution in [1.82, 2.24) is 10.6 Å². The van der Waals surface area contributed by atoms with Gasteiger partial charge in [-0.15, -0.1) is 0 Å². The highest BCUT2D eigenvalue weighted by atomic mass is 16.5. The summed E-state index contributed by atoms with van der Waals surface area (Å²) in [5.41, 5.74) is -1.68. The van der Waals surface area contributed by atoms with Gasteiger partial charge in [-0.3, -0.25) is 0 Å². The number of rotatable bonds is 3. The molecule has 0 bridgehead atoms. The molecule has 1 aliphatic rings. The van der Waals surface area contributed by atoms with E-state index in [1.807, 2.05) is 6.92 Å². The quantitative estimate of drug-likeness (QED) is 0.652. The number of carboxylic acids is 1. The first-order chi connectivity index (χ1) is 7.25. The minimum absolute atomic E-state index is 0.404. The number of hydrogen-bond acceptors (Lipinski definition) is 3. The van der Waals surface area contributed by atoms with E-state index < -0.39 is 23.1 Å². The molecule has 0 aromatic carbocycles. The van der Waals surface area contributed by atoms with E-state index in [4.69, 9.17) is 9.84 Å². The van der Waals surface area contributed by atoms with Crippen molar-refractivity contribution in [2.75, 3.05) is 13.2 Å². The van der Waals surface area contributed by atoms with E-state index >= 15 is 0 Å². The molecule has 0 aliphatic carbocycles. The molecule has 2 amide bonds. The number of carbonyl (C=O) groups is 2. The molecule has 6 heteroatoms. The Hall–Kier alpha value is -1.30. The number of amides is 2. The Kier molecular flexibility index (Phi) is 3.42. The van der Waals surface area contributed by atoms with E-state index in [-0.39, 0.29) is 0 Å². The van der Waals surface area contributed by atoms with Gasteiger partial charge in [0, 0.05) is 6.61 Å². The van der Waals surface area contributed by atoms with Crippen molar-refractivity contribution < 1.29 is 19.4 Å². The number of carboxylic acid groups (broad SMARTS) is 1. The molecule has 6 nitrogen and oxygen atoms in total. The second kappa shape index (κ2) is 4.29. The molecule has 16 heavy (non-hydrogen) atoms. The summed E-state index contributed by atoms with van der Waals surface area (Å²) in [7, 11) is 0. The second-order valence-corrected chi connectivity index (χ2v) is 4.87. The van der Waals surface area contributed by atoms with Gasteiger partial charge >= 0.3 is 12.0 Å². The highest BCUT2D eigenvalue weighted by molar-refractivity contribution is 5.85. The lowest BCUT2D eigenvalue weighted by atomic mass is 10.0. The van der Waals surface area contributed by atoms with Crippen molar-refractivity contribution in [3.63, 3.8) is 0 Å². The Bertz CT molecular complexity index is 295. The average Bonchev–Trinajstić information content (AvgIpc) is 2.49. The Morgan fingerprint density at radius 1 is 1.44 bits per heavy atom. The van der Waals surface area contributed by atoms with Gasteiger partial charge in [-0.25, -0.2) is 9.59 Å². The monoisotopic (exact) mass is 230 g/mol. The summed E-state index contributed by atoms with van der Waals surface area (Å²) < 4.78 is 5.18. The molecular formula is C10H18N2O4. The predicted octanol–water partition coefficient (Wildman–Crippen LogP) is 0.328. The summed E-state index contributed by atoms with van der Waals surface area (Å²) in [6.45, 7) is 5.80. The molecule has 92 valence electrons. The molecule has 1 saturated heterocycles. The van der Waals surface area contributed by atoms with Crippen LogP contribution in [0.2, 0.25) is 0 Å². The van der Waals surface area contributed by atoms with Gasteiger partial charge in [-0.05, 0) is 27.2 Å². The van der Waals surface area contributed by atoms with E-state index in [9.17, 15) is 9.59 Å². The summed E-state index contributed by atoms with van der Waals surface area (Å²) >= 11 is 0. The van der Waals surface area contributed by atoms with E-state index in [1.165, 1.54) is 13.8 Å². The van der Waals surface area contributed by atoms with E-state index in [0.717, 1.165) is 6.42 Å². The minimum atomic E-state index is -1.28. The number of aliphatic carboxylic acids is 1. The summed E-state index contributed by atoms with van der Waals surface area (Å²) in [5, 5.41) is 14.0. The smallest absolute Gasteiger partial charge is 0.328 e. The first-order valence-electron chi connectivity index (χ1n) is 5.17. The lowest BCUT2D eigenvalue weighted by Crippen LogP contribution is -2.58. The lowest BCUT2D eigenvalue weighted by molar-refractivity contribution is -0.142. The van der Waals surface area contributed by atoms with Gasteiger partial charge in [0.15, 0.2) is 0 Å². The maximum atomic E-state index is 11.6. The van der Waals surface area contributed by atoms with Gasteiger partial charge in [0.2, 0.25) is 0 Å². The summed E-state index contributed by atoms with van der Waals surface area (Å²) in [6, 6.07) is -0.486. The molecule has 0 spiro atoms. The SMILES string of the molecule is CC1(NC(=O)NC(C)(C)C(=O)O)CCOC1. The standard InChI is InChI=1S/C10H18N2O4/c1-9(2,7(13)14)11-8(15)12-10(3)4-5-16-6-10/h4-6H2,1-3H3,(H,13,14)(H2,11,12,15). The number of hydrogen-bond donors (Lipinski definition) is 3. The predicted molar refractivity (Wildman–Crippen MR) is 57.2 cm³/mol. The molecule has 1 aliphatic heterocycles. The van der Waals surface area contributed by atoms with Gasteiger partial charge in [0.1, 0.15) is 5.54 Å². The van der Waals surface area contributed by atoms with Crippen LogP contribution in [0, 0.1) is 0 Å². The Balaban J connectivity index is 2.50. The highest BCUT2D eigenvalue weighted by Gasteiger charge is 2.34. The van der Waals surface area contributed by atoms with Crippen LogP contribution in [0.3, 0.4) is 0 Å². The summed E-state index contributed by atoms with van der Waals surface area (Å²) in [5.74, 6) is -1.07. The highest BCUT2D eigenvalue weighted by Crippen LogP contribution is 2.17. The largest absolute Gasteiger partial charge is 0.480 e. The van der Waals surface area contributed by atoms with Crippen molar-refractivity contribution in [3.8, 4) is 0 Å². The number of nitrogens with one attached hydrogen (secondary N) is 2. The number of carbonyl (C=O) groups excluding carboxylic acids is 1. The van der Waals surface area contributed by atoms with Gasteiger partial charge in [-0.1, -0.05) is 0 Å². The Labute approximate surface area is 94.3 Å². The zero-order chi connectivity index (χ0) is 12.4. The zero-order valence-electron chi connectivity index (χ0n) is 9.79. The summed E-state index contributed by atoms with van der Waals surface area (Å²) in [4.78, 5) is 22.4. The van der Waals surface area contributed by atoms with Crippen LogP contribution in [0.15, 0.2) is 0 Å².